The van der Waals surface area contributed by atoms with Crippen LogP contribution >= 0.6 is 0 Å². The first kappa shape index (κ1) is 21.5. The number of fused-ring (bicyclic) bond motifs is 1. The lowest BCUT2D eigenvalue weighted by Gasteiger charge is -2.13. The molecule has 0 spiro atoms. The Bertz CT molecular complexity index is 978. The summed E-state index contributed by atoms with van der Waals surface area (Å²) in [7, 11) is 0. The second kappa shape index (κ2) is 11.1. The summed E-state index contributed by atoms with van der Waals surface area (Å²) in [4.78, 5) is 50.6. The van der Waals surface area contributed by atoms with Gasteiger partial charge < -0.3 is 15.4 Å². The van der Waals surface area contributed by atoms with E-state index in [-0.39, 0.29) is 38.0 Å². The van der Waals surface area contributed by atoms with E-state index in [1.807, 2.05) is 18.2 Å². The number of nitrogens with one attached hydrogen (secondary N) is 2. The standard InChI is InChI=1S/C20H20N4O5/c1-14(19(27)23-8-6-21-12-25)15-2-3-17-11-18(5-4-16(17)10-15)29-20(28)24-9-7-22-13-26/h2-5,10-11,14H,6-9H2,1H3,(H,23,27)(H,24,28). The molecular weight excluding hydrogens is 376 g/mol. The highest BCUT2D eigenvalue weighted by Gasteiger charge is 2.15. The number of benzene rings is 2. The molecule has 2 rings (SSSR count). The van der Waals surface area contributed by atoms with Gasteiger partial charge in [0.05, 0.1) is 19.0 Å². The van der Waals surface area contributed by atoms with Crippen molar-refractivity contribution in [2.75, 3.05) is 26.2 Å². The van der Waals surface area contributed by atoms with Crippen molar-refractivity contribution in [2.24, 2.45) is 9.98 Å². The van der Waals surface area contributed by atoms with Gasteiger partial charge in [-0.1, -0.05) is 24.3 Å². The number of nitrogens with zero attached hydrogens (tertiary/aromatic N) is 2. The van der Waals surface area contributed by atoms with Crippen molar-refractivity contribution in [3.63, 3.8) is 0 Å². The first-order chi connectivity index (χ1) is 14.0. The number of hydrogen-bond acceptors (Lipinski definition) is 7. The molecule has 0 saturated heterocycles. The summed E-state index contributed by atoms with van der Waals surface area (Å²) in [6.45, 7) is 2.56. The van der Waals surface area contributed by atoms with Crippen LogP contribution in [0, 0.1) is 0 Å². The predicted molar refractivity (Wildman–Crippen MR) is 105 cm³/mol. The van der Waals surface area contributed by atoms with E-state index in [1.165, 1.54) is 12.2 Å². The first-order valence-corrected chi connectivity index (χ1v) is 8.89. The fourth-order valence-electron chi connectivity index (χ4n) is 2.56. The Morgan fingerprint density at radius 1 is 0.966 bits per heavy atom. The van der Waals surface area contributed by atoms with Gasteiger partial charge in [-0.2, -0.15) is 0 Å². The highest BCUT2D eigenvalue weighted by Crippen LogP contribution is 2.25. The average Bonchev–Trinajstić information content (AvgIpc) is 2.73. The molecule has 0 heterocycles. The lowest BCUT2D eigenvalue weighted by atomic mass is 9.97. The van der Waals surface area contributed by atoms with E-state index in [0.29, 0.717) is 5.75 Å². The van der Waals surface area contributed by atoms with E-state index in [1.54, 1.807) is 25.1 Å². The van der Waals surface area contributed by atoms with E-state index in [9.17, 15) is 19.2 Å². The van der Waals surface area contributed by atoms with Crippen LogP contribution in [0.1, 0.15) is 18.4 Å². The third-order valence-corrected chi connectivity index (χ3v) is 4.08. The van der Waals surface area contributed by atoms with Crippen LogP contribution in [-0.2, 0) is 14.4 Å². The maximum absolute atomic E-state index is 12.2. The summed E-state index contributed by atoms with van der Waals surface area (Å²) in [5.74, 6) is -0.181. The molecule has 2 aromatic rings. The third kappa shape index (κ3) is 6.70. The molecule has 9 heteroatoms. The number of amides is 2. The van der Waals surface area contributed by atoms with Crippen LogP contribution in [0.4, 0.5) is 4.79 Å². The fraction of sp³-hybridized carbons (Fsp3) is 0.300. The molecule has 0 bridgehead atoms. The lowest BCUT2D eigenvalue weighted by Crippen LogP contribution is -2.30. The van der Waals surface area contributed by atoms with Crippen molar-refractivity contribution < 1.29 is 23.9 Å². The van der Waals surface area contributed by atoms with Crippen LogP contribution in [0.2, 0.25) is 0 Å². The molecule has 0 aliphatic carbocycles. The van der Waals surface area contributed by atoms with Crippen LogP contribution in [0.5, 0.6) is 5.75 Å². The zero-order chi connectivity index (χ0) is 21.1. The van der Waals surface area contributed by atoms with E-state index in [4.69, 9.17) is 4.74 Å². The van der Waals surface area contributed by atoms with Crippen LogP contribution in [-0.4, -0.2) is 50.3 Å². The van der Waals surface area contributed by atoms with Crippen molar-refractivity contribution >= 4 is 34.9 Å². The number of aliphatic imine (C=N–C) groups is 2. The van der Waals surface area contributed by atoms with Gasteiger partial charge in [0.2, 0.25) is 18.1 Å². The summed E-state index contributed by atoms with van der Waals surface area (Å²) in [5, 5.41) is 6.92. The Morgan fingerprint density at radius 3 is 2.28 bits per heavy atom. The Hall–Kier alpha value is -3.80. The Morgan fingerprint density at radius 2 is 1.59 bits per heavy atom. The van der Waals surface area contributed by atoms with Crippen molar-refractivity contribution in [3.8, 4) is 5.75 Å². The average molecular weight is 396 g/mol. The molecule has 0 aromatic heterocycles. The topological polar surface area (TPSA) is 126 Å². The van der Waals surface area contributed by atoms with Crippen LogP contribution in [0.25, 0.3) is 10.8 Å². The second-order valence-corrected chi connectivity index (χ2v) is 6.04. The van der Waals surface area contributed by atoms with Gasteiger partial charge in [-0.3, -0.25) is 4.79 Å². The minimum Gasteiger partial charge on any atom is -0.410 e. The number of hydrogen-bond donors (Lipinski definition) is 2. The van der Waals surface area contributed by atoms with Gasteiger partial charge in [-0.05, 0) is 35.4 Å². The number of carbonyl (C=O) groups is 2. The zero-order valence-corrected chi connectivity index (χ0v) is 15.8. The molecule has 150 valence electrons. The molecule has 2 N–H and O–H groups in total. The number of carbonyl (C=O) groups excluding carboxylic acids is 4. The van der Waals surface area contributed by atoms with Crippen LogP contribution in [0.3, 0.4) is 0 Å². The summed E-state index contributed by atoms with van der Waals surface area (Å²) in [6.07, 6.45) is 2.16. The van der Waals surface area contributed by atoms with Gasteiger partial charge in [0.25, 0.3) is 0 Å². The maximum atomic E-state index is 12.2. The molecule has 1 atom stereocenters. The van der Waals surface area contributed by atoms with Gasteiger partial charge in [-0.15, -0.1) is 0 Å². The van der Waals surface area contributed by atoms with Crippen molar-refractivity contribution in [3.05, 3.63) is 42.0 Å². The quantitative estimate of drug-likeness (QED) is 0.380. The Balaban J connectivity index is 2.01. The van der Waals surface area contributed by atoms with E-state index < -0.39 is 6.09 Å². The molecule has 0 fully saturated rings. The zero-order valence-electron chi connectivity index (χ0n) is 15.8. The molecule has 0 aliphatic heterocycles. The van der Waals surface area contributed by atoms with Crippen LogP contribution in [0.15, 0.2) is 46.4 Å². The Kier molecular flexibility index (Phi) is 8.26. The normalized spacial score (nSPS) is 10.9. The van der Waals surface area contributed by atoms with Gasteiger partial charge in [0.1, 0.15) is 5.75 Å². The SMILES string of the molecule is CC(C(=O)NCCN=C=O)c1ccc2cc(OC(=O)NCCN=C=O)ccc2c1. The highest BCUT2D eigenvalue weighted by atomic mass is 16.6. The lowest BCUT2D eigenvalue weighted by molar-refractivity contribution is -0.122. The van der Waals surface area contributed by atoms with Gasteiger partial charge in [0, 0.05) is 13.1 Å². The monoisotopic (exact) mass is 396 g/mol. The highest BCUT2D eigenvalue weighted by molar-refractivity contribution is 5.88. The summed E-state index contributed by atoms with van der Waals surface area (Å²) in [5.41, 5.74) is 0.830. The van der Waals surface area contributed by atoms with Crippen LogP contribution < -0.4 is 15.4 Å². The van der Waals surface area contributed by atoms with Gasteiger partial charge in [0.15, 0.2) is 0 Å². The molecule has 29 heavy (non-hydrogen) atoms. The molecule has 1 unspecified atom stereocenters. The van der Waals surface area contributed by atoms with Crippen molar-refractivity contribution in [1.29, 1.82) is 0 Å². The smallest absolute Gasteiger partial charge is 0.410 e. The number of isocyanates is 2. The van der Waals surface area contributed by atoms with E-state index >= 15 is 0 Å². The third-order valence-electron chi connectivity index (χ3n) is 4.08. The van der Waals surface area contributed by atoms with E-state index in [0.717, 1.165) is 16.3 Å². The predicted octanol–water partition coefficient (Wildman–Crippen LogP) is 1.82. The Labute approximate surface area is 166 Å². The minimum absolute atomic E-state index is 0.134. The largest absolute Gasteiger partial charge is 0.412 e. The van der Waals surface area contributed by atoms with Crippen molar-refractivity contribution in [1.82, 2.24) is 10.6 Å². The molecule has 9 nitrogen and oxygen atoms in total. The summed E-state index contributed by atoms with van der Waals surface area (Å²) in [6, 6.07) is 10.7. The summed E-state index contributed by atoms with van der Waals surface area (Å²) < 4.78 is 5.19. The molecule has 0 saturated carbocycles. The maximum Gasteiger partial charge on any atom is 0.412 e. The molecule has 2 amide bonds. The first-order valence-electron chi connectivity index (χ1n) is 8.89. The summed E-state index contributed by atoms with van der Waals surface area (Å²) >= 11 is 0. The molecule has 0 radical (unpaired) electrons. The molecule has 0 aliphatic rings. The second-order valence-electron chi connectivity index (χ2n) is 6.04. The van der Waals surface area contributed by atoms with Crippen molar-refractivity contribution in [2.45, 2.75) is 12.8 Å². The number of ether oxygens (including phenoxy) is 1. The van der Waals surface area contributed by atoms with Gasteiger partial charge >= 0.3 is 6.09 Å². The minimum atomic E-state index is -0.647. The molecular formula is C20H20N4O5. The molecule has 2 aromatic carbocycles. The van der Waals surface area contributed by atoms with E-state index in [2.05, 4.69) is 20.6 Å². The number of rotatable bonds is 9. The fourth-order valence-corrected chi connectivity index (χ4v) is 2.56. The van der Waals surface area contributed by atoms with Gasteiger partial charge in [-0.25, -0.2) is 24.4 Å².